The van der Waals surface area contributed by atoms with E-state index in [0.29, 0.717) is 30.2 Å². The van der Waals surface area contributed by atoms with Crippen LogP contribution in [0.3, 0.4) is 0 Å². The average molecular weight is 471 g/mol. The average Bonchev–Trinajstić information content (AvgIpc) is 3.27. The number of anilines is 1. The van der Waals surface area contributed by atoms with Crippen molar-refractivity contribution in [1.82, 2.24) is 28.5 Å². The molecule has 2 aromatic rings. The second-order valence-electron chi connectivity index (χ2n) is 10.1. The van der Waals surface area contributed by atoms with E-state index in [-0.39, 0.29) is 17.3 Å². The van der Waals surface area contributed by atoms with Gasteiger partial charge in [0.05, 0.1) is 18.3 Å². The van der Waals surface area contributed by atoms with Crippen molar-refractivity contribution < 1.29 is 0 Å². The number of hydrogen-bond donors (Lipinski definition) is 0. The number of fused-ring (bicyclic) bond motifs is 3. The van der Waals surface area contributed by atoms with Gasteiger partial charge in [-0.15, -0.1) is 0 Å². The van der Waals surface area contributed by atoms with Gasteiger partial charge in [-0.2, -0.15) is 10.1 Å². The van der Waals surface area contributed by atoms with Gasteiger partial charge in [0.2, 0.25) is 5.95 Å². The number of imidazole rings is 1. The summed E-state index contributed by atoms with van der Waals surface area (Å²) in [6, 6.07) is -0.0908. The Morgan fingerprint density at radius 3 is 2.06 bits per heavy atom. The third-order valence-corrected chi connectivity index (χ3v) is 7.82. The maximum Gasteiger partial charge on any atom is 0.332 e. The number of hydrogen-bond acceptors (Lipinski definition) is 7. The number of likely N-dealkylation sites (tertiary alicyclic amines) is 2. The van der Waals surface area contributed by atoms with Crippen LogP contribution in [0.15, 0.2) is 14.7 Å². The van der Waals surface area contributed by atoms with Crippen molar-refractivity contribution in [2.24, 2.45) is 12.1 Å². The van der Waals surface area contributed by atoms with Crippen LogP contribution in [-0.2, 0) is 13.6 Å². The van der Waals surface area contributed by atoms with Crippen molar-refractivity contribution in [1.29, 1.82) is 0 Å². The first kappa shape index (κ1) is 23.3. The van der Waals surface area contributed by atoms with Crippen LogP contribution in [0.2, 0.25) is 0 Å². The maximum absolute atomic E-state index is 13.7. The zero-order valence-electron chi connectivity index (χ0n) is 20.9. The van der Waals surface area contributed by atoms with E-state index in [1.54, 1.807) is 7.05 Å². The summed E-state index contributed by atoms with van der Waals surface area (Å²) in [5, 5.41) is 6.75. The highest BCUT2D eigenvalue weighted by atomic mass is 16.2. The summed E-state index contributed by atoms with van der Waals surface area (Å²) >= 11 is 0. The van der Waals surface area contributed by atoms with Crippen molar-refractivity contribution in [3.05, 3.63) is 20.8 Å². The molecular weight excluding hydrogens is 432 g/mol. The number of hydrazone groups is 1. The fraction of sp³-hybridized carbons (Fsp3) is 0.750. The molecule has 0 amide bonds. The van der Waals surface area contributed by atoms with Gasteiger partial charge in [-0.05, 0) is 65.7 Å². The Labute approximate surface area is 200 Å². The van der Waals surface area contributed by atoms with Crippen LogP contribution in [-0.4, -0.2) is 80.0 Å². The predicted molar refractivity (Wildman–Crippen MR) is 135 cm³/mol. The van der Waals surface area contributed by atoms with Crippen LogP contribution < -0.4 is 16.3 Å². The highest BCUT2D eigenvalue weighted by molar-refractivity contribution is 5.91. The summed E-state index contributed by atoms with van der Waals surface area (Å²) in [4.78, 5) is 36.5. The van der Waals surface area contributed by atoms with Crippen LogP contribution in [0.1, 0.15) is 58.4 Å². The van der Waals surface area contributed by atoms with Gasteiger partial charge >= 0.3 is 5.69 Å². The molecule has 2 fully saturated rings. The van der Waals surface area contributed by atoms with Gasteiger partial charge < -0.3 is 9.80 Å². The van der Waals surface area contributed by atoms with E-state index >= 15 is 0 Å². The van der Waals surface area contributed by atoms with Crippen molar-refractivity contribution in [2.75, 3.05) is 50.8 Å². The minimum absolute atomic E-state index is 0.0908. The van der Waals surface area contributed by atoms with E-state index in [4.69, 9.17) is 10.1 Å². The number of nitrogens with zero attached hydrogens (tertiary/aromatic N) is 8. The van der Waals surface area contributed by atoms with Crippen molar-refractivity contribution in [2.45, 2.75) is 65.0 Å². The van der Waals surface area contributed by atoms with Gasteiger partial charge in [-0.25, -0.2) is 9.80 Å². The number of aromatic nitrogens is 4. The largest absolute Gasteiger partial charge is 0.332 e. The van der Waals surface area contributed by atoms with Gasteiger partial charge in [0.25, 0.3) is 5.56 Å². The topological polar surface area (TPSA) is 83.9 Å². The molecular formula is C24H38N8O2. The second kappa shape index (κ2) is 9.65. The Hall–Kier alpha value is -2.46. The van der Waals surface area contributed by atoms with Crippen molar-refractivity contribution >= 4 is 22.8 Å². The van der Waals surface area contributed by atoms with E-state index in [9.17, 15) is 9.59 Å². The predicted octanol–water partition coefficient (Wildman–Crippen LogP) is 1.63. The summed E-state index contributed by atoms with van der Waals surface area (Å²) in [6.07, 6.45) is 7.44. The van der Waals surface area contributed by atoms with Gasteiger partial charge in [-0.3, -0.25) is 18.5 Å². The zero-order valence-corrected chi connectivity index (χ0v) is 20.9. The standard InChI is InChI=1S/C24H38N8O2/c1-18-19(2)32-20-21(25-23(32)31(26-18)17-15-29-12-8-5-9-13-29)27(3)24(34)30(22(20)33)16-14-28-10-6-4-7-11-28/h19H,4-17H2,1-3H3/t19-/m1/s1. The molecule has 186 valence electrons. The molecule has 0 spiro atoms. The fourth-order valence-corrected chi connectivity index (χ4v) is 5.57. The Kier molecular flexibility index (Phi) is 6.61. The smallest absolute Gasteiger partial charge is 0.302 e. The molecule has 10 nitrogen and oxygen atoms in total. The molecule has 3 aliphatic heterocycles. The monoisotopic (exact) mass is 470 g/mol. The molecule has 5 rings (SSSR count). The van der Waals surface area contributed by atoms with Crippen LogP contribution >= 0.6 is 0 Å². The third kappa shape index (κ3) is 4.22. The maximum atomic E-state index is 13.7. The molecule has 5 heterocycles. The van der Waals surface area contributed by atoms with E-state index in [1.165, 1.54) is 47.7 Å². The van der Waals surface area contributed by atoms with Crippen LogP contribution in [0.25, 0.3) is 11.2 Å². The Balaban J connectivity index is 1.49. The highest BCUT2D eigenvalue weighted by Gasteiger charge is 2.31. The molecule has 34 heavy (non-hydrogen) atoms. The lowest BCUT2D eigenvalue weighted by atomic mass is 10.1. The Bertz CT molecular complexity index is 1180. The lowest BCUT2D eigenvalue weighted by Gasteiger charge is -2.32. The molecule has 0 saturated carbocycles. The van der Waals surface area contributed by atoms with Crippen molar-refractivity contribution in [3.8, 4) is 0 Å². The lowest BCUT2D eigenvalue weighted by molar-refractivity contribution is 0.218. The summed E-state index contributed by atoms with van der Waals surface area (Å²) in [6.45, 7) is 11.1. The lowest BCUT2D eigenvalue weighted by Crippen LogP contribution is -2.43. The molecule has 0 aliphatic carbocycles. The van der Waals surface area contributed by atoms with Gasteiger partial charge in [-0.1, -0.05) is 12.8 Å². The van der Waals surface area contributed by atoms with Crippen LogP contribution in [0.5, 0.6) is 0 Å². The Morgan fingerprint density at radius 2 is 1.44 bits per heavy atom. The molecule has 0 aromatic carbocycles. The summed E-state index contributed by atoms with van der Waals surface area (Å²) < 4.78 is 4.92. The molecule has 0 unspecified atom stereocenters. The minimum atomic E-state index is -0.296. The molecule has 0 N–H and O–H groups in total. The summed E-state index contributed by atoms with van der Waals surface area (Å²) in [7, 11) is 1.72. The quantitative estimate of drug-likeness (QED) is 0.638. The molecule has 2 saturated heterocycles. The van der Waals surface area contributed by atoms with Gasteiger partial charge in [0.1, 0.15) is 0 Å². The van der Waals surface area contributed by atoms with Gasteiger partial charge in [0.15, 0.2) is 11.2 Å². The first-order valence-corrected chi connectivity index (χ1v) is 12.9. The second-order valence-corrected chi connectivity index (χ2v) is 10.1. The normalized spacial score (nSPS) is 22.3. The highest BCUT2D eigenvalue weighted by Crippen LogP contribution is 2.29. The molecule has 2 aromatic heterocycles. The first-order chi connectivity index (χ1) is 16.5. The molecule has 1 atom stereocenters. The van der Waals surface area contributed by atoms with Crippen LogP contribution in [0.4, 0.5) is 5.95 Å². The molecule has 0 radical (unpaired) electrons. The molecule has 3 aliphatic rings. The Morgan fingerprint density at radius 1 is 0.853 bits per heavy atom. The summed E-state index contributed by atoms with van der Waals surface area (Å²) in [5.74, 6) is 0.658. The summed E-state index contributed by atoms with van der Waals surface area (Å²) in [5.41, 5.74) is 1.35. The molecule has 0 bridgehead atoms. The number of aryl methyl sites for hydroxylation is 1. The van der Waals surface area contributed by atoms with E-state index < -0.39 is 0 Å². The van der Waals surface area contributed by atoms with Crippen LogP contribution in [0, 0.1) is 0 Å². The van der Waals surface area contributed by atoms with E-state index in [2.05, 4.69) is 9.80 Å². The van der Waals surface area contributed by atoms with E-state index in [1.807, 2.05) is 23.4 Å². The fourth-order valence-electron chi connectivity index (χ4n) is 5.57. The van der Waals surface area contributed by atoms with Crippen molar-refractivity contribution in [3.63, 3.8) is 0 Å². The number of piperidine rings is 2. The zero-order chi connectivity index (χ0) is 23.8. The first-order valence-electron chi connectivity index (χ1n) is 12.9. The molecule has 10 heteroatoms. The minimum Gasteiger partial charge on any atom is -0.302 e. The van der Waals surface area contributed by atoms with E-state index in [0.717, 1.165) is 45.0 Å². The number of rotatable bonds is 6. The third-order valence-electron chi connectivity index (χ3n) is 7.82. The SMILES string of the molecule is CC1=NN(CCN2CCCCC2)c2nc3c(c(=O)n(CCN4CCCCC4)c(=O)n3C)n2[C@@H]1C. The van der Waals surface area contributed by atoms with Gasteiger partial charge in [0, 0.05) is 26.7 Å².